The Labute approximate surface area is 121 Å². The molecule has 0 unspecified atom stereocenters. The molecule has 0 spiro atoms. The Morgan fingerprint density at radius 3 is 2.70 bits per heavy atom. The third kappa shape index (κ3) is 2.95. The minimum atomic E-state index is -3.71. The van der Waals surface area contributed by atoms with Gasteiger partial charge in [0.1, 0.15) is 5.01 Å². The Bertz CT molecular complexity index is 775. The van der Waals surface area contributed by atoms with Crippen molar-refractivity contribution in [3.8, 4) is 6.07 Å². The summed E-state index contributed by atoms with van der Waals surface area (Å²) in [4.78, 5) is 0.0993. The second kappa shape index (κ2) is 5.56. The number of hydrogen-bond acceptors (Lipinski definition) is 6. The van der Waals surface area contributed by atoms with Crippen LogP contribution in [-0.4, -0.2) is 18.6 Å². The van der Waals surface area contributed by atoms with Crippen molar-refractivity contribution in [3.63, 3.8) is 0 Å². The van der Waals surface area contributed by atoms with Gasteiger partial charge in [-0.15, -0.1) is 10.2 Å². The van der Waals surface area contributed by atoms with Gasteiger partial charge in [-0.3, -0.25) is 4.72 Å². The number of nitrogens with one attached hydrogen (secondary N) is 1. The molecule has 0 fully saturated rings. The maximum atomic E-state index is 12.2. The predicted octanol–water partition coefficient (Wildman–Crippen LogP) is 2.08. The van der Waals surface area contributed by atoms with Gasteiger partial charge in [0.25, 0.3) is 10.0 Å². The van der Waals surface area contributed by atoms with Gasteiger partial charge in [0.05, 0.1) is 16.5 Å². The first-order valence-corrected chi connectivity index (χ1v) is 8.12. The van der Waals surface area contributed by atoms with Crippen molar-refractivity contribution in [2.75, 3.05) is 4.72 Å². The van der Waals surface area contributed by atoms with Crippen molar-refractivity contribution in [1.82, 2.24) is 10.2 Å². The van der Waals surface area contributed by atoms with Crippen LogP contribution < -0.4 is 4.72 Å². The molecule has 1 aromatic carbocycles. The fourth-order valence-corrected chi connectivity index (χ4v) is 3.53. The first-order chi connectivity index (χ1) is 9.46. The van der Waals surface area contributed by atoms with Gasteiger partial charge >= 0.3 is 0 Å². The molecule has 1 N–H and O–H groups in total. The van der Waals surface area contributed by atoms with E-state index < -0.39 is 10.0 Å². The normalized spacial score (nSPS) is 11.1. The number of anilines is 1. The molecule has 0 amide bonds. The van der Waals surface area contributed by atoms with E-state index in [0.29, 0.717) is 17.5 Å². The van der Waals surface area contributed by atoms with Crippen molar-refractivity contribution < 1.29 is 8.42 Å². The highest BCUT2D eigenvalue weighted by molar-refractivity contribution is 7.93. The fraction of sp³-hybridized carbons (Fsp3) is 0.250. The van der Waals surface area contributed by atoms with Crippen molar-refractivity contribution in [3.05, 3.63) is 34.3 Å². The first-order valence-electron chi connectivity index (χ1n) is 5.82. The van der Waals surface area contributed by atoms with E-state index in [-0.39, 0.29) is 10.0 Å². The van der Waals surface area contributed by atoms with Gasteiger partial charge in [-0.25, -0.2) is 8.42 Å². The molecule has 6 nitrogen and oxygen atoms in total. The summed E-state index contributed by atoms with van der Waals surface area (Å²) < 4.78 is 26.8. The lowest BCUT2D eigenvalue weighted by Crippen LogP contribution is -2.13. The lowest BCUT2D eigenvalue weighted by atomic mass is 10.1. The smallest absolute Gasteiger partial charge is 0.253 e. The molecule has 0 saturated carbocycles. The maximum Gasteiger partial charge on any atom is 0.263 e. The van der Waals surface area contributed by atoms with Crippen LogP contribution in [0.15, 0.2) is 23.1 Å². The minimum Gasteiger partial charge on any atom is -0.253 e. The monoisotopic (exact) mass is 308 g/mol. The molecule has 0 radical (unpaired) electrons. The van der Waals surface area contributed by atoms with E-state index in [0.717, 1.165) is 5.01 Å². The summed E-state index contributed by atoms with van der Waals surface area (Å²) in [6, 6.07) is 6.35. The van der Waals surface area contributed by atoms with E-state index in [2.05, 4.69) is 14.9 Å². The lowest BCUT2D eigenvalue weighted by molar-refractivity contribution is 0.601. The molecule has 0 aliphatic carbocycles. The number of sulfonamides is 1. The Kier molecular flexibility index (Phi) is 4.01. The van der Waals surface area contributed by atoms with Crippen molar-refractivity contribution in [2.45, 2.75) is 25.2 Å². The fourth-order valence-electron chi connectivity index (χ4n) is 1.54. The molecule has 1 aromatic heterocycles. The standard InChI is InChI=1S/C12H12N4O2S2/c1-3-11-14-15-12(19-11)16-20(17,18)10-5-4-9(7-13)8(2)6-10/h4-6H,3H2,1-2H3,(H,15,16). The summed E-state index contributed by atoms with van der Waals surface area (Å²) in [5, 5.41) is 17.5. The number of hydrogen-bond donors (Lipinski definition) is 1. The summed E-state index contributed by atoms with van der Waals surface area (Å²) in [5.74, 6) is 0. The molecule has 0 aliphatic heterocycles. The Morgan fingerprint density at radius 2 is 2.15 bits per heavy atom. The van der Waals surface area contributed by atoms with E-state index in [9.17, 15) is 8.42 Å². The van der Waals surface area contributed by atoms with Gasteiger partial charge in [0.2, 0.25) is 5.13 Å². The van der Waals surface area contributed by atoms with Gasteiger partial charge in [-0.1, -0.05) is 18.3 Å². The molecule has 2 aromatic rings. The van der Waals surface area contributed by atoms with Crippen LogP contribution in [0.4, 0.5) is 5.13 Å². The summed E-state index contributed by atoms with van der Waals surface area (Å²) in [7, 11) is -3.71. The topological polar surface area (TPSA) is 95.7 Å². The second-order valence-corrected chi connectivity index (χ2v) is 6.79. The molecule has 8 heteroatoms. The number of nitrogens with zero attached hydrogens (tertiary/aromatic N) is 3. The van der Waals surface area contributed by atoms with Gasteiger partial charge in [-0.05, 0) is 37.1 Å². The average Bonchev–Trinajstić information content (AvgIpc) is 2.85. The third-order valence-corrected chi connectivity index (χ3v) is 5.07. The van der Waals surface area contributed by atoms with Crippen LogP contribution in [0.1, 0.15) is 23.1 Å². The molecule has 0 aliphatic rings. The zero-order valence-electron chi connectivity index (χ0n) is 10.9. The van der Waals surface area contributed by atoms with Crippen molar-refractivity contribution in [2.24, 2.45) is 0 Å². The van der Waals surface area contributed by atoms with Crippen LogP contribution in [0.2, 0.25) is 0 Å². The Morgan fingerprint density at radius 1 is 1.40 bits per heavy atom. The number of rotatable bonds is 4. The highest BCUT2D eigenvalue weighted by Crippen LogP contribution is 2.21. The van der Waals surface area contributed by atoms with Crippen LogP contribution in [0, 0.1) is 18.3 Å². The number of benzene rings is 1. The Balaban J connectivity index is 2.31. The van der Waals surface area contributed by atoms with E-state index in [1.54, 1.807) is 6.92 Å². The number of aryl methyl sites for hydroxylation is 2. The molecule has 20 heavy (non-hydrogen) atoms. The summed E-state index contributed by atoms with van der Waals surface area (Å²) in [5.41, 5.74) is 1.06. The van der Waals surface area contributed by atoms with Gasteiger partial charge in [0.15, 0.2) is 0 Å². The largest absolute Gasteiger partial charge is 0.263 e. The maximum absolute atomic E-state index is 12.2. The SMILES string of the molecule is CCc1nnc(NS(=O)(=O)c2ccc(C#N)c(C)c2)s1. The predicted molar refractivity (Wildman–Crippen MR) is 76.0 cm³/mol. The van der Waals surface area contributed by atoms with E-state index in [4.69, 9.17) is 5.26 Å². The molecular formula is C12H12N4O2S2. The van der Waals surface area contributed by atoms with Crippen LogP contribution in [0.25, 0.3) is 0 Å². The van der Waals surface area contributed by atoms with Gasteiger partial charge < -0.3 is 0 Å². The first kappa shape index (κ1) is 14.4. The number of nitriles is 1. The Hall–Kier alpha value is -1.98. The van der Waals surface area contributed by atoms with E-state index in [1.165, 1.54) is 29.5 Å². The molecule has 0 saturated heterocycles. The third-order valence-electron chi connectivity index (χ3n) is 2.62. The van der Waals surface area contributed by atoms with E-state index in [1.807, 2.05) is 13.0 Å². The molecule has 1 heterocycles. The van der Waals surface area contributed by atoms with Crippen LogP contribution in [0.3, 0.4) is 0 Å². The van der Waals surface area contributed by atoms with Crippen LogP contribution >= 0.6 is 11.3 Å². The quantitative estimate of drug-likeness (QED) is 0.933. The zero-order valence-corrected chi connectivity index (χ0v) is 12.5. The number of aromatic nitrogens is 2. The van der Waals surface area contributed by atoms with Crippen molar-refractivity contribution in [1.29, 1.82) is 5.26 Å². The van der Waals surface area contributed by atoms with Crippen LogP contribution in [-0.2, 0) is 16.4 Å². The summed E-state index contributed by atoms with van der Waals surface area (Å²) >= 11 is 1.20. The van der Waals surface area contributed by atoms with Gasteiger partial charge in [-0.2, -0.15) is 5.26 Å². The summed E-state index contributed by atoms with van der Waals surface area (Å²) in [6.07, 6.45) is 0.704. The molecule has 2 rings (SSSR count). The molecular weight excluding hydrogens is 296 g/mol. The summed E-state index contributed by atoms with van der Waals surface area (Å²) in [6.45, 7) is 3.61. The molecule has 0 bridgehead atoms. The van der Waals surface area contributed by atoms with Gasteiger partial charge in [0, 0.05) is 0 Å². The highest BCUT2D eigenvalue weighted by atomic mass is 32.2. The second-order valence-electron chi connectivity index (χ2n) is 4.05. The zero-order chi connectivity index (χ0) is 14.8. The highest BCUT2D eigenvalue weighted by Gasteiger charge is 2.17. The molecule has 0 atom stereocenters. The minimum absolute atomic E-state index is 0.0993. The van der Waals surface area contributed by atoms with Crippen LogP contribution in [0.5, 0.6) is 0 Å². The van der Waals surface area contributed by atoms with Crippen molar-refractivity contribution >= 4 is 26.5 Å². The molecule has 104 valence electrons. The van der Waals surface area contributed by atoms with E-state index >= 15 is 0 Å². The lowest BCUT2D eigenvalue weighted by Gasteiger charge is -2.06. The average molecular weight is 308 g/mol.